The molecule has 1 amide bonds. The summed E-state index contributed by atoms with van der Waals surface area (Å²) in [4.78, 5) is 37.4. The molecule has 0 unspecified atom stereocenters. The monoisotopic (exact) mass is 523 g/mol. The number of hydrogen-bond acceptors (Lipinski definition) is 6. The van der Waals surface area contributed by atoms with Gasteiger partial charge < -0.3 is 20.6 Å². The smallest absolute Gasteiger partial charge is 0.269 e. The number of aliphatic hydroxyl groups is 1. The average Bonchev–Trinajstić information content (AvgIpc) is 3.31. The minimum Gasteiger partial charge on any atom is -0.491 e. The Morgan fingerprint density at radius 2 is 1.92 bits per heavy atom. The summed E-state index contributed by atoms with van der Waals surface area (Å²) in [6, 6.07) is 15.2. The highest BCUT2D eigenvalue weighted by Gasteiger charge is 2.20. The van der Waals surface area contributed by atoms with Crippen LogP contribution in [0, 0.1) is 12.7 Å². The van der Waals surface area contributed by atoms with E-state index in [0.29, 0.717) is 22.5 Å². The quantitative estimate of drug-likeness (QED) is 0.302. The number of para-hydroxylation sites is 1. The van der Waals surface area contributed by atoms with Crippen LogP contribution in [0.2, 0.25) is 0 Å². The van der Waals surface area contributed by atoms with Gasteiger partial charge in [-0.05, 0) is 48.4 Å². The average molecular weight is 524 g/mol. The predicted molar refractivity (Wildman–Crippen MR) is 146 cm³/mol. The number of ether oxygens (including phenoxy) is 1. The van der Waals surface area contributed by atoms with Crippen molar-refractivity contribution >= 4 is 38.6 Å². The lowest BCUT2D eigenvalue weighted by Gasteiger charge is -2.15. The molecule has 39 heavy (non-hydrogen) atoms. The van der Waals surface area contributed by atoms with Gasteiger partial charge in [0, 0.05) is 28.6 Å². The largest absolute Gasteiger partial charge is 0.491 e. The maximum absolute atomic E-state index is 14.2. The van der Waals surface area contributed by atoms with Gasteiger partial charge >= 0.3 is 0 Å². The number of nitrogens with two attached hydrogens (primary N) is 1. The van der Waals surface area contributed by atoms with Crippen molar-refractivity contribution in [2.45, 2.75) is 6.92 Å². The Morgan fingerprint density at radius 3 is 2.72 bits per heavy atom. The number of nitrogens with one attached hydrogen (secondary N) is 1. The topological polar surface area (TPSA) is 136 Å². The van der Waals surface area contributed by atoms with Gasteiger partial charge in [0.25, 0.3) is 11.5 Å². The van der Waals surface area contributed by atoms with E-state index in [0.717, 1.165) is 27.5 Å². The van der Waals surface area contributed by atoms with Gasteiger partial charge in [0.05, 0.1) is 28.7 Å². The number of rotatable bonds is 6. The Kier molecular flexibility index (Phi) is 5.81. The van der Waals surface area contributed by atoms with E-state index in [-0.39, 0.29) is 29.8 Å². The highest BCUT2D eigenvalue weighted by Crippen LogP contribution is 2.38. The molecular formula is C29H22FN5O4. The number of halogens is 1. The van der Waals surface area contributed by atoms with E-state index in [1.165, 1.54) is 23.0 Å². The first-order chi connectivity index (χ1) is 18.9. The van der Waals surface area contributed by atoms with Gasteiger partial charge in [-0.3, -0.25) is 14.2 Å². The van der Waals surface area contributed by atoms with Crippen LogP contribution in [0.15, 0.2) is 71.9 Å². The number of aromatic amines is 1. The SMILES string of the molecule is Cc1c(-c2cnc(C(N)=O)c3[nH]c4cc(OCCO)ccc4c23)cccc1-n1cnc2c(F)cccc2c1=O. The second-order valence-corrected chi connectivity index (χ2v) is 9.04. The Labute approximate surface area is 220 Å². The second-order valence-electron chi connectivity index (χ2n) is 9.04. The minimum atomic E-state index is -0.679. The zero-order chi connectivity index (χ0) is 27.3. The first-order valence-corrected chi connectivity index (χ1v) is 12.1. The molecule has 9 nitrogen and oxygen atoms in total. The molecule has 0 fully saturated rings. The molecule has 0 aliphatic rings. The number of hydrogen-bond donors (Lipinski definition) is 3. The third-order valence-corrected chi connectivity index (χ3v) is 6.79. The van der Waals surface area contributed by atoms with E-state index in [1.807, 2.05) is 25.1 Å². The molecule has 6 rings (SSSR count). The minimum absolute atomic E-state index is 0.0154. The Morgan fingerprint density at radius 1 is 1.10 bits per heavy atom. The molecule has 3 aromatic carbocycles. The Bertz CT molecular complexity index is 2000. The third-order valence-electron chi connectivity index (χ3n) is 6.79. The standard InChI is InChI=1S/C29H22FN5O4/c1-15-17(4-3-7-23(15)35-14-33-25-19(29(35)38)5-2-6-21(25)30)20-13-32-27(28(31)37)26-24(20)18-9-8-16(39-11-10-36)12-22(18)34-26/h2-9,12-14,34,36H,10-11H2,1H3,(H2,31,37). The summed E-state index contributed by atoms with van der Waals surface area (Å²) in [6.07, 6.45) is 2.91. The molecule has 0 aliphatic carbocycles. The molecule has 4 N–H and O–H groups in total. The molecule has 0 radical (unpaired) electrons. The number of aromatic nitrogens is 4. The molecule has 0 saturated carbocycles. The number of pyridine rings is 1. The fourth-order valence-electron chi connectivity index (χ4n) is 5.00. The fourth-order valence-corrected chi connectivity index (χ4v) is 5.00. The number of carbonyl (C=O) groups excluding carboxylic acids is 1. The van der Waals surface area contributed by atoms with Crippen molar-refractivity contribution in [3.05, 3.63) is 94.5 Å². The van der Waals surface area contributed by atoms with E-state index < -0.39 is 17.3 Å². The molecule has 0 bridgehead atoms. The first-order valence-electron chi connectivity index (χ1n) is 12.1. The molecule has 0 aliphatic heterocycles. The van der Waals surface area contributed by atoms with Crippen molar-refractivity contribution in [3.63, 3.8) is 0 Å². The zero-order valence-electron chi connectivity index (χ0n) is 20.7. The first kappa shape index (κ1) is 24.3. The van der Waals surface area contributed by atoms with Crippen molar-refractivity contribution in [2.24, 2.45) is 5.73 Å². The maximum Gasteiger partial charge on any atom is 0.269 e. The van der Waals surface area contributed by atoms with Crippen LogP contribution in [-0.4, -0.2) is 43.7 Å². The van der Waals surface area contributed by atoms with Gasteiger partial charge in [-0.1, -0.05) is 18.2 Å². The molecule has 194 valence electrons. The highest BCUT2D eigenvalue weighted by molar-refractivity contribution is 6.19. The van der Waals surface area contributed by atoms with E-state index in [9.17, 15) is 14.0 Å². The number of H-pyrrole nitrogens is 1. The van der Waals surface area contributed by atoms with Crippen LogP contribution in [0.5, 0.6) is 5.75 Å². The number of fused-ring (bicyclic) bond motifs is 4. The summed E-state index contributed by atoms with van der Waals surface area (Å²) < 4.78 is 21.2. The molecule has 0 spiro atoms. The lowest BCUT2D eigenvalue weighted by atomic mass is 9.95. The van der Waals surface area contributed by atoms with E-state index >= 15 is 0 Å². The summed E-state index contributed by atoms with van der Waals surface area (Å²) in [7, 11) is 0. The van der Waals surface area contributed by atoms with Gasteiger partial charge in [0.1, 0.15) is 30.0 Å². The summed E-state index contributed by atoms with van der Waals surface area (Å²) in [6.45, 7) is 1.90. The van der Waals surface area contributed by atoms with E-state index in [2.05, 4.69) is 15.0 Å². The van der Waals surface area contributed by atoms with Crippen molar-refractivity contribution in [2.75, 3.05) is 13.2 Å². The summed E-state index contributed by atoms with van der Waals surface area (Å²) in [5.74, 6) is -0.688. The molecule has 0 saturated heterocycles. The van der Waals surface area contributed by atoms with Gasteiger partial charge in [-0.2, -0.15) is 0 Å². The molecule has 3 aromatic heterocycles. The number of nitrogens with zero attached hydrogens (tertiary/aromatic N) is 3. The normalized spacial score (nSPS) is 11.5. The summed E-state index contributed by atoms with van der Waals surface area (Å²) in [5, 5.41) is 10.8. The molecule has 3 heterocycles. The lowest BCUT2D eigenvalue weighted by molar-refractivity contribution is 0.0997. The van der Waals surface area contributed by atoms with Crippen molar-refractivity contribution in [1.82, 2.24) is 19.5 Å². The molecule has 6 aromatic rings. The number of primary amides is 1. The maximum atomic E-state index is 14.2. The highest BCUT2D eigenvalue weighted by atomic mass is 19.1. The van der Waals surface area contributed by atoms with Crippen LogP contribution in [0.25, 0.3) is 49.5 Å². The van der Waals surface area contributed by atoms with Gasteiger partial charge in [0.15, 0.2) is 5.69 Å². The second kappa shape index (κ2) is 9.34. The number of amides is 1. The molecule has 10 heteroatoms. The van der Waals surface area contributed by atoms with E-state index in [4.69, 9.17) is 15.6 Å². The van der Waals surface area contributed by atoms with Crippen LogP contribution in [0.3, 0.4) is 0 Å². The van der Waals surface area contributed by atoms with Gasteiger partial charge in [0.2, 0.25) is 0 Å². The lowest BCUT2D eigenvalue weighted by Crippen LogP contribution is -2.20. The summed E-state index contributed by atoms with van der Waals surface area (Å²) >= 11 is 0. The Hall–Kier alpha value is -5.09. The molecule has 0 atom stereocenters. The van der Waals surface area contributed by atoms with Crippen LogP contribution < -0.4 is 16.0 Å². The predicted octanol–water partition coefficient (Wildman–Crippen LogP) is 4.00. The number of aliphatic hydroxyl groups excluding tert-OH is 1. The number of benzene rings is 3. The van der Waals surface area contributed by atoms with Gasteiger partial charge in [-0.25, -0.2) is 14.4 Å². The Balaban J connectivity index is 1.59. The van der Waals surface area contributed by atoms with Crippen molar-refractivity contribution < 1.29 is 19.0 Å². The van der Waals surface area contributed by atoms with Crippen LogP contribution in [-0.2, 0) is 0 Å². The third kappa shape index (κ3) is 3.89. The molecular weight excluding hydrogens is 501 g/mol. The van der Waals surface area contributed by atoms with Crippen LogP contribution in [0.1, 0.15) is 16.1 Å². The van der Waals surface area contributed by atoms with Crippen molar-refractivity contribution in [3.8, 4) is 22.6 Å². The van der Waals surface area contributed by atoms with Gasteiger partial charge in [-0.15, -0.1) is 0 Å². The summed E-state index contributed by atoms with van der Waals surface area (Å²) in [5.41, 5.74) is 9.34. The fraction of sp³-hybridized carbons (Fsp3) is 0.103. The van der Waals surface area contributed by atoms with Crippen LogP contribution >= 0.6 is 0 Å². The van der Waals surface area contributed by atoms with E-state index in [1.54, 1.807) is 30.5 Å². The van der Waals surface area contributed by atoms with Crippen LogP contribution in [0.4, 0.5) is 4.39 Å². The zero-order valence-corrected chi connectivity index (χ0v) is 20.7. The number of carbonyl (C=O) groups is 1. The van der Waals surface area contributed by atoms with Crippen molar-refractivity contribution in [1.29, 1.82) is 0 Å².